The van der Waals surface area contributed by atoms with Crippen molar-refractivity contribution in [1.29, 1.82) is 0 Å². The Balaban J connectivity index is 2.19. The quantitative estimate of drug-likeness (QED) is 0.843. The summed E-state index contributed by atoms with van der Waals surface area (Å²) in [7, 11) is 0. The van der Waals surface area contributed by atoms with Gasteiger partial charge in [-0.3, -0.25) is 0 Å². The molecule has 0 spiro atoms. The van der Waals surface area contributed by atoms with Crippen molar-refractivity contribution < 1.29 is 0 Å². The zero-order valence-corrected chi connectivity index (χ0v) is 13.7. The minimum Gasteiger partial charge on any atom is -0.330 e. The van der Waals surface area contributed by atoms with Crippen LogP contribution in [0.1, 0.15) is 53.5 Å². The normalized spacial score (nSPS) is 12.7. The molecule has 2 rings (SSSR count). The lowest BCUT2D eigenvalue weighted by atomic mass is 9.89. The Hall–Kier alpha value is -1.60. The first-order valence-electron chi connectivity index (χ1n) is 7.86. The fraction of sp³-hybridized carbons (Fsp3) is 0.400. The summed E-state index contributed by atoms with van der Waals surface area (Å²) in [6.45, 7) is 9.46. The minimum absolute atomic E-state index is 0.396. The maximum Gasteiger partial charge on any atom is 0.000157 e. The zero-order valence-electron chi connectivity index (χ0n) is 13.7. The van der Waals surface area contributed by atoms with Gasteiger partial charge in [0.2, 0.25) is 0 Å². The van der Waals surface area contributed by atoms with Crippen molar-refractivity contribution in [3.8, 4) is 0 Å². The molecule has 0 aliphatic heterocycles. The van der Waals surface area contributed by atoms with Crippen LogP contribution in [0.2, 0.25) is 0 Å². The second-order valence-corrected chi connectivity index (χ2v) is 6.45. The van der Waals surface area contributed by atoms with Gasteiger partial charge in [0, 0.05) is 5.92 Å². The van der Waals surface area contributed by atoms with Crippen LogP contribution in [0.4, 0.5) is 0 Å². The summed E-state index contributed by atoms with van der Waals surface area (Å²) in [4.78, 5) is 0. The number of nitrogens with two attached hydrogens (primary N) is 1. The van der Waals surface area contributed by atoms with Gasteiger partial charge in [0.25, 0.3) is 0 Å². The van der Waals surface area contributed by atoms with Crippen LogP contribution < -0.4 is 5.73 Å². The summed E-state index contributed by atoms with van der Waals surface area (Å²) in [5.41, 5.74) is 12.8. The van der Waals surface area contributed by atoms with Gasteiger partial charge in [-0.2, -0.15) is 0 Å². The van der Waals surface area contributed by atoms with Gasteiger partial charge in [0.15, 0.2) is 0 Å². The van der Waals surface area contributed by atoms with Gasteiger partial charge in [-0.25, -0.2) is 0 Å². The molecule has 0 heterocycles. The Morgan fingerprint density at radius 1 is 0.857 bits per heavy atom. The van der Waals surface area contributed by atoms with E-state index in [4.69, 9.17) is 5.73 Å². The lowest BCUT2D eigenvalue weighted by molar-refractivity contribution is 0.692. The number of hydrogen-bond donors (Lipinski definition) is 1. The van der Waals surface area contributed by atoms with E-state index in [-0.39, 0.29) is 0 Å². The van der Waals surface area contributed by atoms with Crippen LogP contribution in [0.25, 0.3) is 0 Å². The van der Waals surface area contributed by atoms with Gasteiger partial charge in [-0.05, 0) is 49.4 Å². The molecule has 0 saturated heterocycles. The smallest absolute Gasteiger partial charge is 0.000157 e. The lowest BCUT2D eigenvalue weighted by Crippen LogP contribution is -2.15. The van der Waals surface area contributed by atoms with Crippen LogP contribution in [0.15, 0.2) is 42.5 Å². The third-order valence-corrected chi connectivity index (χ3v) is 4.12. The molecule has 0 aromatic heterocycles. The molecular formula is C20H27N. The summed E-state index contributed by atoms with van der Waals surface area (Å²) in [6.07, 6.45) is 1.01. The molecule has 0 saturated carbocycles. The van der Waals surface area contributed by atoms with E-state index in [1.807, 2.05) is 0 Å². The Labute approximate surface area is 129 Å². The molecule has 1 unspecified atom stereocenters. The first-order chi connectivity index (χ1) is 9.99. The van der Waals surface area contributed by atoms with Crippen molar-refractivity contribution in [2.24, 2.45) is 5.73 Å². The SMILES string of the molecule is Cc1cc(C)cc(CC(CN)c2ccc(C(C)C)cc2)c1. The van der Waals surface area contributed by atoms with Gasteiger partial charge in [0.05, 0.1) is 0 Å². The van der Waals surface area contributed by atoms with E-state index >= 15 is 0 Å². The average molecular weight is 281 g/mol. The monoisotopic (exact) mass is 281 g/mol. The van der Waals surface area contributed by atoms with Gasteiger partial charge in [-0.15, -0.1) is 0 Å². The van der Waals surface area contributed by atoms with E-state index in [1.54, 1.807) is 0 Å². The Kier molecular flexibility index (Phi) is 5.19. The topological polar surface area (TPSA) is 26.0 Å². The molecule has 2 aromatic rings. The van der Waals surface area contributed by atoms with E-state index in [9.17, 15) is 0 Å². The van der Waals surface area contributed by atoms with Gasteiger partial charge >= 0.3 is 0 Å². The Morgan fingerprint density at radius 2 is 1.38 bits per heavy atom. The first-order valence-corrected chi connectivity index (χ1v) is 7.86. The van der Waals surface area contributed by atoms with E-state index in [0.717, 1.165) is 6.42 Å². The van der Waals surface area contributed by atoms with Crippen molar-refractivity contribution in [3.63, 3.8) is 0 Å². The highest BCUT2D eigenvalue weighted by Crippen LogP contribution is 2.23. The van der Waals surface area contributed by atoms with Gasteiger partial charge < -0.3 is 5.73 Å². The minimum atomic E-state index is 0.396. The number of rotatable bonds is 5. The fourth-order valence-electron chi connectivity index (χ4n) is 2.96. The average Bonchev–Trinajstić information content (AvgIpc) is 2.44. The maximum atomic E-state index is 6.03. The van der Waals surface area contributed by atoms with Gasteiger partial charge in [0.1, 0.15) is 0 Å². The first kappa shape index (κ1) is 15.8. The van der Waals surface area contributed by atoms with E-state index in [2.05, 4.69) is 70.2 Å². The molecule has 1 nitrogen and oxygen atoms in total. The predicted octanol–water partition coefficient (Wildman–Crippen LogP) is 4.71. The Bertz CT molecular complexity index is 561. The van der Waals surface area contributed by atoms with Gasteiger partial charge in [-0.1, -0.05) is 67.4 Å². The molecule has 2 N–H and O–H groups in total. The summed E-state index contributed by atoms with van der Waals surface area (Å²) in [6, 6.07) is 15.7. The molecule has 0 radical (unpaired) electrons. The van der Waals surface area contributed by atoms with Crippen molar-refractivity contribution in [3.05, 3.63) is 70.3 Å². The lowest BCUT2D eigenvalue weighted by Gasteiger charge is -2.17. The van der Waals surface area contributed by atoms with Crippen molar-refractivity contribution in [2.45, 2.75) is 46.0 Å². The number of aryl methyl sites for hydroxylation is 2. The number of hydrogen-bond acceptors (Lipinski definition) is 1. The van der Waals surface area contributed by atoms with Crippen LogP contribution in [0, 0.1) is 13.8 Å². The predicted molar refractivity (Wildman–Crippen MR) is 91.9 cm³/mol. The fourth-order valence-corrected chi connectivity index (χ4v) is 2.96. The molecule has 21 heavy (non-hydrogen) atoms. The van der Waals surface area contributed by atoms with Crippen LogP contribution >= 0.6 is 0 Å². The molecule has 0 amide bonds. The van der Waals surface area contributed by atoms with Crippen molar-refractivity contribution in [2.75, 3.05) is 6.54 Å². The summed E-state index contributed by atoms with van der Waals surface area (Å²) < 4.78 is 0. The second kappa shape index (κ2) is 6.91. The van der Waals surface area contributed by atoms with Crippen molar-refractivity contribution >= 4 is 0 Å². The summed E-state index contributed by atoms with van der Waals surface area (Å²) >= 11 is 0. The Morgan fingerprint density at radius 3 is 1.86 bits per heavy atom. The van der Waals surface area contributed by atoms with E-state index < -0.39 is 0 Å². The molecule has 2 aromatic carbocycles. The molecule has 1 heteroatoms. The highest BCUT2D eigenvalue weighted by molar-refractivity contribution is 5.32. The summed E-state index contributed by atoms with van der Waals surface area (Å²) in [5.74, 6) is 0.974. The van der Waals surface area contributed by atoms with Crippen molar-refractivity contribution in [1.82, 2.24) is 0 Å². The van der Waals surface area contributed by atoms with E-state index in [1.165, 1.54) is 27.8 Å². The molecular weight excluding hydrogens is 254 g/mol. The molecule has 0 aliphatic rings. The standard InChI is InChI=1S/C20H27N/c1-14(2)18-5-7-19(8-6-18)20(13-21)12-17-10-15(3)9-16(4)11-17/h5-11,14,20H,12-13,21H2,1-4H3. The largest absolute Gasteiger partial charge is 0.330 e. The highest BCUT2D eigenvalue weighted by atomic mass is 14.5. The van der Waals surface area contributed by atoms with Crippen LogP contribution in [-0.2, 0) is 6.42 Å². The molecule has 112 valence electrons. The van der Waals surface area contributed by atoms with Crippen LogP contribution in [-0.4, -0.2) is 6.54 Å². The third kappa shape index (κ3) is 4.18. The van der Waals surface area contributed by atoms with Crippen LogP contribution in [0.5, 0.6) is 0 Å². The molecule has 0 fully saturated rings. The van der Waals surface area contributed by atoms with E-state index in [0.29, 0.717) is 18.4 Å². The molecule has 0 aliphatic carbocycles. The highest BCUT2D eigenvalue weighted by Gasteiger charge is 2.11. The molecule has 0 bridgehead atoms. The maximum absolute atomic E-state index is 6.03. The summed E-state index contributed by atoms with van der Waals surface area (Å²) in [5, 5.41) is 0. The molecule has 1 atom stereocenters. The van der Waals surface area contributed by atoms with Crippen LogP contribution in [0.3, 0.4) is 0 Å². The number of benzene rings is 2. The third-order valence-electron chi connectivity index (χ3n) is 4.12. The zero-order chi connectivity index (χ0) is 15.4. The second-order valence-electron chi connectivity index (χ2n) is 6.45.